The molecule has 2 amide bonds. The lowest BCUT2D eigenvalue weighted by atomic mass is 10.0. The molecule has 10 heteroatoms. The van der Waals surface area contributed by atoms with E-state index in [0.29, 0.717) is 17.8 Å². The van der Waals surface area contributed by atoms with Crippen molar-refractivity contribution in [2.75, 3.05) is 11.6 Å². The van der Waals surface area contributed by atoms with Crippen molar-refractivity contribution in [1.82, 2.24) is 15.0 Å². The lowest BCUT2D eigenvalue weighted by Gasteiger charge is -2.13. The average molecular weight is 469 g/mol. The quantitative estimate of drug-likeness (QED) is 0.381. The van der Waals surface area contributed by atoms with Crippen molar-refractivity contribution < 1.29 is 23.1 Å². The Hall–Kier alpha value is -3.76. The molecule has 0 aliphatic rings. The van der Waals surface area contributed by atoms with Crippen LogP contribution in [0.5, 0.6) is 0 Å². The third kappa shape index (κ3) is 7.70. The Morgan fingerprint density at radius 2 is 1.76 bits per heavy atom. The van der Waals surface area contributed by atoms with Crippen LogP contribution in [0.2, 0.25) is 0 Å². The molecular formula is C23H24N4O5S. The second kappa shape index (κ2) is 10.7. The lowest BCUT2D eigenvalue weighted by molar-refractivity contribution is -0.138. The molecule has 0 radical (unpaired) electrons. The van der Waals surface area contributed by atoms with Gasteiger partial charge in [0, 0.05) is 11.9 Å². The number of aromatic nitrogens is 1. The Balaban J connectivity index is 1.63. The van der Waals surface area contributed by atoms with Gasteiger partial charge in [0.15, 0.2) is 0 Å². The van der Waals surface area contributed by atoms with Gasteiger partial charge in [-0.15, -0.1) is 0 Å². The standard InChI is InChI=1S/C23H24N4O5S/c1-33(31,32)27-21(22(28)29)13-16-8-10-17(11-9-16)18-5-4-7-19(14-18)26-23(30)25-15-20-6-2-3-12-24-20/h2-12,14,21,27H,13,15H2,1H3,(H,28,29)(H2,25,26,30)/t21-/m0/s1. The second-order valence-corrected chi connectivity index (χ2v) is 9.17. The zero-order valence-corrected chi connectivity index (χ0v) is 18.7. The van der Waals surface area contributed by atoms with Gasteiger partial charge in [-0.25, -0.2) is 17.9 Å². The Kier molecular flexibility index (Phi) is 7.75. The van der Waals surface area contributed by atoms with Crippen molar-refractivity contribution in [1.29, 1.82) is 0 Å². The molecule has 0 unspecified atom stereocenters. The number of pyridine rings is 1. The number of carbonyl (C=O) groups excluding carboxylic acids is 1. The van der Waals surface area contributed by atoms with Crippen LogP contribution in [-0.2, 0) is 27.8 Å². The third-order valence-corrected chi connectivity index (χ3v) is 5.37. The van der Waals surface area contributed by atoms with Gasteiger partial charge in [-0.2, -0.15) is 0 Å². The SMILES string of the molecule is CS(=O)(=O)N[C@@H](Cc1ccc(-c2cccc(NC(=O)NCc3ccccn3)c2)cc1)C(=O)O. The number of amides is 2. The van der Waals surface area contributed by atoms with E-state index in [9.17, 15) is 23.1 Å². The summed E-state index contributed by atoms with van der Waals surface area (Å²) >= 11 is 0. The molecule has 0 spiro atoms. The minimum Gasteiger partial charge on any atom is -0.480 e. The van der Waals surface area contributed by atoms with E-state index in [1.54, 1.807) is 30.5 Å². The van der Waals surface area contributed by atoms with Crippen LogP contribution in [-0.4, -0.2) is 42.8 Å². The first-order valence-electron chi connectivity index (χ1n) is 10.0. The van der Waals surface area contributed by atoms with Crippen LogP contribution in [0.25, 0.3) is 11.1 Å². The highest BCUT2D eigenvalue weighted by molar-refractivity contribution is 7.88. The smallest absolute Gasteiger partial charge is 0.322 e. The maximum Gasteiger partial charge on any atom is 0.322 e. The van der Waals surface area contributed by atoms with Crippen LogP contribution < -0.4 is 15.4 Å². The zero-order chi connectivity index (χ0) is 23.8. The van der Waals surface area contributed by atoms with Gasteiger partial charge >= 0.3 is 12.0 Å². The fraction of sp³-hybridized carbons (Fsp3) is 0.174. The van der Waals surface area contributed by atoms with E-state index in [-0.39, 0.29) is 12.5 Å². The molecule has 9 nitrogen and oxygen atoms in total. The minimum absolute atomic E-state index is 0.0146. The fourth-order valence-electron chi connectivity index (χ4n) is 3.13. The van der Waals surface area contributed by atoms with E-state index in [2.05, 4.69) is 20.3 Å². The molecule has 2 aromatic carbocycles. The van der Waals surface area contributed by atoms with Crippen molar-refractivity contribution in [3.8, 4) is 11.1 Å². The Morgan fingerprint density at radius 1 is 1.00 bits per heavy atom. The number of hydrogen-bond donors (Lipinski definition) is 4. The molecule has 33 heavy (non-hydrogen) atoms. The number of anilines is 1. The Morgan fingerprint density at radius 3 is 2.39 bits per heavy atom. The highest BCUT2D eigenvalue weighted by Gasteiger charge is 2.21. The second-order valence-electron chi connectivity index (χ2n) is 7.39. The van der Waals surface area contributed by atoms with Crippen LogP contribution >= 0.6 is 0 Å². The van der Waals surface area contributed by atoms with Crippen molar-refractivity contribution in [2.24, 2.45) is 0 Å². The topological polar surface area (TPSA) is 137 Å². The molecule has 0 aliphatic heterocycles. The summed E-state index contributed by atoms with van der Waals surface area (Å²) in [6.07, 6.45) is 2.60. The number of carboxylic acid groups (broad SMARTS) is 1. The maximum atomic E-state index is 12.2. The number of benzene rings is 2. The summed E-state index contributed by atoms with van der Waals surface area (Å²) in [4.78, 5) is 27.7. The number of rotatable bonds is 9. The molecule has 1 atom stereocenters. The Labute approximate surface area is 191 Å². The van der Waals surface area contributed by atoms with Crippen molar-refractivity contribution in [3.05, 3.63) is 84.2 Å². The van der Waals surface area contributed by atoms with Crippen molar-refractivity contribution >= 4 is 27.7 Å². The highest BCUT2D eigenvalue weighted by Crippen LogP contribution is 2.23. The normalized spacial score (nSPS) is 12.0. The predicted octanol–water partition coefficient (Wildman–Crippen LogP) is 2.62. The van der Waals surface area contributed by atoms with Crippen LogP contribution in [0.4, 0.5) is 10.5 Å². The molecule has 1 aromatic heterocycles. The van der Waals surface area contributed by atoms with E-state index in [1.807, 2.05) is 42.5 Å². The van der Waals surface area contributed by atoms with Gasteiger partial charge in [-0.1, -0.05) is 42.5 Å². The largest absolute Gasteiger partial charge is 0.480 e. The first kappa shape index (κ1) is 23.9. The van der Waals surface area contributed by atoms with Gasteiger partial charge in [-0.05, 0) is 47.4 Å². The molecule has 0 saturated heterocycles. The van der Waals surface area contributed by atoms with Crippen molar-refractivity contribution in [3.63, 3.8) is 0 Å². The molecule has 4 N–H and O–H groups in total. The number of sulfonamides is 1. The van der Waals surface area contributed by atoms with Gasteiger partial charge in [0.2, 0.25) is 10.0 Å². The van der Waals surface area contributed by atoms with Crippen LogP contribution in [0.15, 0.2) is 72.9 Å². The number of carbonyl (C=O) groups is 2. The van der Waals surface area contributed by atoms with Gasteiger partial charge in [-0.3, -0.25) is 9.78 Å². The molecule has 172 valence electrons. The van der Waals surface area contributed by atoms with Gasteiger partial charge in [0.05, 0.1) is 18.5 Å². The fourth-order valence-corrected chi connectivity index (χ4v) is 3.83. The molecule has 0 saturated carbocycles. The number of hydrogen-bond acceptors (Lipinski definition) is 5. The molecular weight excluding hydrogens is 444 g/mol. The van der Waals surface area contributed by atoms with E-state index in [4.69, 9.17) is 0 Å². The summed E-state index contributed by atoms with van der Waals surface area (Å²) < 4.78 is 24.9. The number of nitrogens with one attached hydrogen (secondary N) is 3. The molecule has 0 aliphatic carbocycles. The minimum atomic E-state index is -3.65. The molecule has 0 fully saturated rings. The first-order chi connectivity index (χ1) is 15.7. The summed E-state index contributed by atoms with van der Waals surface area (Å²) in [5.74, 6) is -1.25. The van der Waals surface area contributed by atoms with Crippen molar-refractivity contribution in [2.45, 2.75) is 19.0 Å². The number of carboxylic acids is 1. The van der Waals surface area contributed by atoms with Crippen LogP contribution in [0, 0.1) is 0 Å². The summed E-state index contributed by atoms with van der Waals surface area (Å²) in [5, 5.41) is 14.8. The monoisotopic (exact) mass is 468 g/mol. The van der Waals surface area contributed by atoms with Gasteiger partial charge in [0.25, 0.3) is 0 Å². The number of urea groups is 1. The van der Waals surface area contributed by atoms with Gasteiger partial charge in [0.1, 0.15) is 6.04 Å². The summed E-state index contributed by atoms with van der Waals surface area (Å²) in [7, 11) is -3.65. The summed E-state index contributed by atoms with van der Waals surface area (Å²) in [5.41, 5.74) is 3.74. The number of aliphatic carboxylic acids is 1. The average Bonchev–Trinajstić information content (AvgIpc) is 2.78. The maximum absolute atomic E-state index is 12.2. The predicted molar refractivity (Wildman–Crippen MR) is 125 cm³/mol. The zero-order valence-electron chi connectivity index (χ0n) is 17.9. The van der Waals surface area contributed by atoms with Gasteiger partial charge < -0.3 is 15.7 Å². The molecule has 1 heterocycles. The molecule has 3 aromatic rings. The van der Waals surface area contributed by atoms with Crippen LogP contribution in [0.1, 0.15) is 11.3 Å². The summed E-state index contributed by atoms with van der Waals surface area (Å²) in [6, 6.07) is 18.3. The summed E-state index contributed by atoms with van der Waals surface area (Å²) in [6.45, 7) is 0.305. The van der Waals surface area contributed by atoms with E-state index >= 15 is 0 Å². The van der Waals surface area contributed by atoms with Crippen LogP contribution in [0.3, 0.4) is 0 Å². The lowest BCUT2D eigenvalue weighted by Crippen LogP contribution is -2.41. The molecule has 0 bridgehead atoms. The Bertz CT molecular complexity index is 1220. The molecule has 3 rings (SSSR count). The van der Waals surface area contributed by atoms with E-state index in [1.165, 1.54) is 0 Å². The first-order valence-corrected chi connectivity index (χ1v) is 11.9. The highest BCUT2D eigenvalue weighted by atomic mass is 32.2. The van der Waals surface area contributed by atoms with E-state index < -0.39 is 22.0 Å². The number of nitrogens with zero attached hydrogens (tertiary/aromatic N) is 1. The van der Waals surface area contributed by atoms with E-state index in [0.717, 1.165) is 23.1 Å². The third-order valence-electron chi connectivity index (χ3n) is 4.66.